The number of nitrogens with one attached hydrogen (secondary N) is 1. The lowest BCUT2D eigenvalue weighted by Crippen LogP contribution is -2.58. The molecule has 1 aromatic rings. The van der Waals surface area contributed by atoms with Crippen LogP contribution in [-0.2, 0) is 4.74 Å². The van der Waals surface area contributed by atoms with Crippen molar-refractivity contribution in [3.8, 4) is 0 Å². The van der Waals surface area contributed by atoms with Gasteiger partial charge in [-0.25, -0.2) is 0 Å². The fraction of sp³-hybridized carbons (Fsp3) is 0.636. The summed E-state index contributed by atoms with van der Waals surface area (Å²) >= 11 is 0. The fourth-order valence-electron chi connectivity index (χ4n) is 2.59. The van der Waals surface area contributed by atoms with Gasteiger partial charge in [-0.1, -0.05) is 0 Å². The van der Waals surface area contributed by atoms with Crippen molar-refractivity contribution >= 4 is 0 Å². The van der Waals surface area contributed by atoms with E-state index in [2.05, 4.69) is 11.4 Å². The monoisotopic (exact) mass is 193 g/mol. The Bertz CT molecular complexity index is 301. The van der Waals surface area contributed by atoms with Crippen LogP contribution < -0.4 is 5.32 Å². The van der Waals surface area contributed by atoms with E-state index in [1.165, 1.54) is 0 Å². The second kappa shape index (κ2) is 3.11. The number of furan rings is 1. The molecule has 3 nitrogen and oxygen atoms in total. The van der Waals surface area contributed by atoms with E-state index >= 15 is 0 Å². The van der Waals surface area contributed by atoms with Gasteiger partial charge in [-0.2, -0.15) is 0 Å². The van der Waals surface area contributed by atoms with Crippen LogP contribution in [0.1, 0.15) is 24.6 Å². The predicted molar refractivity (Wildman–Crippen MR) is 51.9 cm³/mol. The molecule has 1 atom stereocenters. The lowest BCUT2D eigenvalue weighted by Gasteiger charge is -2.51. The van der Waals surface area contributed by atoms with Crippen molar-refractivity contribution in [3.63, 3.8) is 0 Å². The molecule has 1 N–H and O–H groups in total. The summed E-state index contributed by atoms with van der Waals surface area (Å²) < 4.78 is 10.9. The van der Waals surface area contributed by atoms with Crippen molar-refractivity contribution in [3.05, 3.63) is 24.2 Å². The van der Waals surface area contributed by atoms with Crippen molar-refractivity contribution in [1.29, 1.82) is 0 Å². The highest BCUT2D eigenvalue weighted by Gasteiger charge is 2.49. The molecule has 14 heavy (non-hydrogen) atoms. The van der Waals surface area contributed by atoms with Gasteiger partial charge in [0, 0.05) is 25.2 Å². The molecule has 3 heterocycles. The smallest absolute Gasteiger partial charge is 0.121 e. The Kier molecular flexibility index (Phi) is 1.89. The van der Waals surface area contributed by atoms with Crippen LogP contribution in [0.25, 0.3) is 0 Å². The summed E-state index contributed by atoms with van der Waals surface area (Å²) in [5, 5.41) is 3.46. The highest BCUT2D eigenvalue weighted by atomic mass is 16.5. The van der Waals surface area contributed by atoms with E-state index in [9.17, 15) is 0 Å². The van der Waals surface area contributed by atoms with Gasteiger partial charge in [0.05, 0.1) is 12.3 Å². The minimum absolute atomic E-state index is 0.413. The maximum Gasteiger partial charge on any atom is 0.121 e. The molecule has 76 valence electrons. The van der Waals surface area contributed by atoms with E-state index in [-0.39, 0.29) is 0 Å². The first-order valence-corrected chi connectivity index (χ1v) is 5.25. The van der Waals surface area contributed by atoms with Gasteiger partial charge >= 0.3 is 0 Å². The van der Waals surface area contributed by atoms with Crippen LogP contribution in [0.3, 0.4) is 0 Å². The molecule has 2 fully saturated rings. The van der Waals surface area contributed by atoms with Crippen molar-refractivity contribution < 1.29 is 9.15 Å². The number of hydrogen-bond donors (Lipinski definition) is 1. The lowest BCUT2D eigenvalue weighted by atomic mass is 9.67. The summed E-state index contributed by atoms with van der Waals surface area (Å²) in [6.45, 7) is 2.92. The standard InChI is InChI=1S/C11H15NO2/c1-2-9(14-5-1)10-11(8-12-10)3-6-13-7-4-11/h1-2,5,10,12H,3-4,6-8H2/t10-/m0/s1. The van der Waals surface area contributed by atoms with Crippen LogP contribution in [0, 0.1) is 5.41 Å². The second-order valence-electron chi connectivity index (χ2n) is 4.30. The normalized spacial score (nSPS) is 30.1. The van der Waals surface area contributed by atoms with Crippen LogP contribution in [0.2, 0.25) is 0 Å². The van der Waals surface area contributed by atoms with E-state index in [4.69, 9.17) is 9.15 Å². The SMILES string of the molecule is c1coc([C@@H]2NCC23CCOCC3)c1. The van der Waals surface area contributed by atoms with Crippen LogP contribution in [0.15, 0.2) is 22.8 Å². The van der Waals surface area contributed by atoms with Gasteiger partial charge in [0.1, 0.15) is 5.76 Å². The number of hydrogen-bond acceptors (Lipinski definition) is 3. The van der Waals surface area contributed by atoms with Crippen molar-refractivity contribution in [1.82, 2.24) is 5.32 Å². The van der Waals surface area contributed by atoms with E-state index in [0.29, 0.717) is 11.5 Å². The molecule has 1 spiro atoms. The van der Waals surface area contributed by atoms with E-state index in [1.807, 2.05) is 6.07 Å². The van der Waals surface area contributed by atoms with Crippen molar-refractivity contribution in [2.45, 2.75) is 18.9 Å². The highest BCUT2D eigenvalue weighted by Crippen LogP contribution is 2.48. The van der Waals surface area contributed by atoms with E-state index < -0.39 is 0 Å². The third kappa shape index (κ3) is 1.12. The Morgan fingerprint density at radius 3 is 2.79 bits per heavy atom. The zero-order valence-corrected chi connectivity index (χ0v) is 8.16. The molecule has 0 aliphatic carbocycles. The summed E-state index contributed by atoms with van der Waals surface area (Å²) in [5.74, 6) is 1.08. The number of rotatable bonds is 1. The first kappa shape index (κ1) is 8.50. The third-order valence-electron chi connectivity index (χ3n) is 3.59. The van der Waals surface area contributed by atoms with Crippen molar-refractivity contribution in [2.24, 2.45) is 5.41 Å². The molecule has 3 heteroatoms. The average molecular weight is 193 g/mol. The van der Waals surface area contributed by atoms with E-state index in [1.54, 1.807) is 6.26 Å². The van der Waals surface area contributed by atoms with Gasteiger partial charge < -0.3 is 14.5 Å². The largest absolute Gasteiger partial charge is 0.468 e. The van der Waals surface area contributed by atoms with Gasteiger partial charge in [0.2, 0.25) is 0 Å². The zero-order valence-electron chi connectivity index (χ0n) is 8.16. The van der Waals surface area contributed by atoms with Crippen molar-refractivity contribution in [2.75, 3.05) is 19.8 Å². The topological polar surface area (TPSA) is 34.4 Å². The van der Waals surface area contributed by atoms with Gasteiger partial charge in [0.15, 0.2) is 0 Å². The van der Waals surface area contributed by atoms with E-state index in [0.717, 1.165) is 38.4 Å². The predicted octanol–water partition coefficient (Wildman–Crippen LogP) is 1.72. The molecule has 0 unspecified atom stereocenters. The van der Waals surface area contributed by atoms with Gasteiger partial charge in [-0.05, 0) is 25.0 Å². The van der Waals surface area contributed by atoms with Gasteiger partial charge in [-0.3, -0.25) is 0 Å². The quantitative estimate of drug-likeness (QED) is 0.737. The Labute approximate surface area is 83.4 Å². The summed E-state index contributed by atoms with van der Waals surface area (Å²) in [6, 6.07) is 4.44. The zero-order chi connectivity index (χ0) is 9.43. The molecular formula is C11H15NO2. The lowest BCUT2D eigenvalue weighted by molar-refractivity contribution is -0.0535. The van der Waals surface area contributed by atoms with Gasteiger partial charge in [-0.15, -0.1) is 0 Å². The molecule has 0 bridgehead atoms. The molecule has 0 radical (unpaired) electrons. The fourth-order valence-corrected chi connectivity index (χ4v) is 2.59. The van der Waals surface area contributed by atoms with Crippen LogP contribution in [0.5, 0.6) is 0 Å². The molecule has 2 aliphatic rings. The molecular weight excluding hydrogens is 178 g/mol. The maximum atomic E-state index is 5.46. The molecule has 2 saturated heterocycles. The Balaban J connectivity index is 1.81. The number of ether oxygens (including phenoxy) is 1. The molecule has 2 aliphatic heterocycles. The molecule has 0 aromatic carbocycles. The van der Waals surface area contributed by atoms with Crippen LogP contribution in [-0.4, -0.2) is 19.8 Å². The second-order valence-corrected chi connectivity index (χ2v) is 4.30. The first-order valence-electron chi connectivity index (χ1n) is 5.25. The van der Waals surface area contributed by atoms with Crippen LogP contribution in [0.4, 0.5) is 0 Å². The van der Waals surface area contributed by atoms with Crippen LogP contribution >= 0.6 is 0 Å². The molecule has 1 aromatic heterocycles. The third-order valence-corrected chi connectivity index (χ3v) is 3.59. The Morgan fingerprint density at radius 2 is 2.21 bits per heavy atom. The summed E-state index contributed by atoms with van der Waals surface area (Å²) in [6.07, 6.45) is 4.07. The molecule has 0 saturated carbocycles. The Hall–Kier alpha value is -0.800. The molecule has 3 rings (SSSR count). The average Bonchev–Trinajstić information content (AvgIpc) is 2.71. The Morgan fingerprint density at radius 1 is 1.36 bits per heavy atom. The summed E-state index contributed by atoms with van der Waals surface area (Å²) in [7, 11) is 0. The highest BCUT2D eigenvalue weighted by molar-refractivity contribution is 5.16. The first-order chi connectivity index (χ1) is 6.91. The minimum Gasteiger partial charge on any atom is -0.468 e. The summed E-state index contributed by atoms with van der Waals surface area (Å²) in [5.41, 5.74) is 0.413. The minimum atomic E-state index is 0.413. The molecule has 0 amide bonds. The maximum absolute atomic E-state index is 5.46. The summed E-state index contributed by atoms with van der Waals surface area (Å²) in [4.78, 5) is 0. The van der Waals surface area contributed by atoms with Gasteiger partial charge in [0.25, 0.3) is 0 Å².